The van der Waals surface area contributed by atoms with Gasteiger partial charge in [0.25, 0.3) is 0 Å². The van der Waals surface area contributed by atoms with Crippen LogP contribution in [0.4, 0.5) is 4.39 Å². The highest BCUT2D eigenvalue weighted by Crippen LogP contribution is 2.18. The zero-order valence-electron chi connectivity index (χ0n) is 7.92. The summed E-state index contributed by atoms with van der Waals surface area (Å²) in [6.07, 6.45) is 1.53. The van der Waals surface area contributed by atoms with E-state index in [0.29, 0.717) is 5.56 Å². The van der Waals surface area contributed by atoms with Crippen molar-refractivity contribution in [3.8, 4) is 5.75 Å². The van der Waals surface area contributed by atoms with Crippen LogP contribution in [0.5, 0.6) is 5.75 Å². The van der Waals surface area contributed by atoms with Gasteiger partial charge >= 0.3 is 0 Å². The Balaban J connectivity index is 2.89. The van der Waals surface area contributed by atoms with E-state index in [0.717, 1.165) is 0 Å². The van der Waals surface area contributed by atoms with E-state index in [1.807, 2.05) is 0 Å². The molecule has 0 N–H and O–H groups in total. The first-order valence-electron chi connectivity index (χ1n) is 4.19. The van der Waals surface area contributed by atoms with Gasteiger partial charge in [-0.05, 0) is 25.1 Å². The van der Waals surface area contributed by atoms with E-state index in [2.05, 4.69) is 6.58 Å². The van der Waals surface area contributed by atoms with E-state index in [9.17, 15) is 9.18 Å². The summed E-state index contributed by atoms with van der Waals surface area (Å²) >= 11 is 0. The topological polar surface area (TPSA) is 26.3 Å². The average Bonchev–Trinajstić information content (AvgIpc) is 2.15. The quantitative estimate of drug-likeness (QED) is 0.544. The highest BCUT2D eigenvalue weighted by molar-refractivity contribution is 5.94. The second kappa shape index (κ2) is 4.56. The van der Waals surface area contributed by atoms with Crippen molar-refractivity contribution in [2.24, 2.45) is 0 Å². The lowest BCUT2D eigenvalue weighted by molar-refractivity contribution is 0.101. The Morgan fingerprint density at radius 1 is 1.64 bits per heavy atom. The summed E-state index contributed by atoms with van der Waals surface area (Å²) in [6.45, 7) is 5.08. The van der Waals surface area contributed by atoms with Crippen LogP contribution in [0.3, 0.4) is 0 Å². The molecule has 0 atom stereocenters. The predicted molar refractivity (Wildman–Crippen MR) is 52.1 cm³/mol. The van der Waals surface area contributed by atoms with E-state index in [-0.39, 0.29) is 18.1 Å². The van der Waals surface area contributed by atoms with Crippen molar-refractivity contribution in [3.05, 3.63) is 42.2 Å². The third-order valence-corrected chi connectivity index (χ3v) is 1.70. The molecule has 0 aliphatic rings. The molecule has 0 saturated carbocycles. The van der Waals surface area contributed by atoms with Crippen LogP contribution >= 0.6 is 0 Å². The normalized spacial score (nSPS) is 9.57. The van der Waals surface area contributed by atoms with E-state index < -0.39 is 5.82 Å². The molecule has 14 heavy (non-hydrogen) atoms. The molecule has 1 rings (SSSR count). The van der Waals surface area contributed by atoms with Crippen LogP contribution in [0.25, 0.3) is 0 Å². The number of halogens is 1. The Bertz CT molecular complexity index is 358. The number of ketones is 1. The Morgan fingerprint density at radius 3 is 2.86 bits per heavy atom. The lowest BCUT2D eigenvalue weighted by atomic mass is 10.1. The smallest absolute Gasteiger partial charge is 0.165 e. The molecular weight excluding hydrogens is 183 g/mol. The third kappa shape index (κ3) is 2.42. The fraction of sp³-hybridized carbons (Fsp3) is 0.182. The lowest BCUT2D eigenvalue weighted by Crippen LogP contribution is -1.98. The fourth-order valence-electron chi connectivity index (χ4n) is 0.986. The molecule has 0 aliphatic heterocycles. The highest BCUT2D eigenvalue weighted by atomic mass is 19.1. The molecule has 0 amide bonds. The first-order chi connectivity index (χ1) is 6.65. The van der Waals surface area contributed by atoms with Gasteiger partial charge in [-0.2, -0.15) is 0 Å². The maximum absolute atomic E-state index is 13.2. The monoisotopic (exact) mass is 194 g/mol. The first kappa shape index (κ1) is 10.4. The number of carbonyl (C=O) groups excluding carboxylic acids is 1. The van der Waals surface area contributed by atoms with Gasteiger partial charge in [-0.3, -0.25) is 4.79 Å². The van der Waals surface area contributed by atoms with Crippen molar-refractivity contribution >= 4 is 5.78 Å². The van der Waals surface area contributed by atoms with Crippen molar-refractivity contribution in [1.29, 1.82) is 0 Å². The van der Waals surface area contributed by atoms with Crippen LogP contribution in [0, 0.1) is 5.82 Å². The molecule has 0 aromatic heterocycles. The molecule has 0 spiro atoms. The summed E-state index contributed by atoms with van der Waals surface area (Å²) in [5.41, 5.74) is 0.341. The third-order valence-electron chi connectivity index (χ3n) is 1.70. The van der Waals surface area contributed by atoms with Gasteiger partial charge in [-0.25, -0.2) is 4.39 Å². The minimum atomic E-state index is -0.528. The van der Waals surface area contributed by atoms with E-state index in [1.165, 1.54) is 31.2 Å². The molecule has 2 nitrogen and oxygen atoms in total. The first-order valence-corrected chi connectivity index (χ1v) is 4.19. The number of Topliss-reactive ketones (excluding diaryl/α,β-unsaturated/α-hetero) is 1. The minimum absolute atomic E-state index is 0.134. The summed E-state index contributed by atoms with van der Waals surface area (Å²) in [5.74, 6) is -0.561. The SMILES string of the molecule is C=CCOc1ccc(C(C)=O)cc1F. The number of carbonyl (C=O) groups is 1. The van der Waals surface area contributed by atoms with Crippen molar-refractivity contribution < 1.29 is 13.9 Å². The van der Waals surface area contributed by atoms with E-state index >= 15 is 0 Å². The minimum Gasteiger partial charge on any atom is -0.486 e. The Hall–Kier alpha value is -1.64. The molecule has 1 aromatic rings. The van der Waals surface area contributed by atoms with Crippen LogP contribution in [-0.4, -0.2) is 12.4 Å². The summed E-state index contributed by atoms with van der Waals surface area (Å²) in [5, 5.41) is 0. The van der Waals surface area contributed by atoms with Crippen molar-refractivity contribution in [2.75, 3.05) is 6.61 Å². The molecule has 1 aromatic carbocycles. The summed E-state index contributed by atoms with van der Waals surface area (Å²) in [4.78, 5) is 10.9. The molecule has 0 saturated heterocycles. The van der Waals surface area contributed by atoms with Crippen molar-refractivity contribution in [3.63, 3.8) is 0 Å². The van der Waals surface area contributed by atoms with Gasteiger partial charge in [0.1, 0.15) is 6.61 Å². The highest BCUT2D eigenvalue weighted by Gasteiger charge is 2.06. The van der Waals surface area contributed by atoms with Crippen LogP contribution in [0.2, 0.25) is 0 Å². The number of hydrogen-bond acceptors (Lipinski definition) is 2. The van der Waals surface area contributed by atoms with Crippen molar-refractivity contribution in [2.45, 2.75) is 6.92 Å². The van der Waals surface area contributed by atoms with Gasteiger partial charge in [0.05, 0.1) is 0 Å². The van der Waals surface area contributed by atoms with E-state index in [4.69, 9.17) is 4.74 Å². The number of ether oxygens (including phenoxy) is 1. The number of hydrogen-bond donors (Lipinski definition) is 0. The molecule has 0 fully saturated rings. The Kier molecular flexibility index (Phi) is 3.40. The van der Waals surface area contributed by atoms with Gasteiger partial charge in [-0.1, -0.05) is 12.7 Å². The maximum atomic E-state index is 13.2. The Morgan fingerprint density at radius 2 is 2.36 bits per heavy atom. The summed E-state index contributed by atoms with van der Waals surface area (Å²) in [7, 11) is 0. The summed E-state index contributed by atoms with van der Waals surface area (Å²) < 4.78 is 18.2. The molecule has 3 heteroatoms. The van der Waals surface area contributed by atoms with Crippen LogP contribution in [-0.2, 0) is 0 Å². The molecule has 0 aliphatic carbocycles. The average molecular weight is 194 g/mol. The standard InChI is InChI=1S/C11H11FO2/c1-3-6-14-11-5-4-9(8(2)13)7-10(11)12/h3-5,7H,1,6H2,2H3. The number of rotatable bonds is 4. The van der Waals surface area contributed by atoms with Crippen LogP contribution < -0.4 is 4.74 Å². The lowest BCUT2D eigenvalue weighted by Gasteiger charge is -2.05. The second-order valence-electron chi connectivity index (χ2n) is 2.80. The molecule has 0 bridgehead atoms. The van der Waals surface area contributed by atoms with Crippen molar-refractivity contribution in [1.82, 2.24) is 0 Å². The van der Waals surface area contributed by atoms with Gasteiger partial charge in [0, 0.05) is 5.56 Å². The van der Waals surface area contributed by atoms with Gasteiger partial charge in [-0.15, -0.1) is 0 Å². The molecule has 0 unspecified atom stereocenters. The molecular formula is C11H11FO2. The largest absolute Gasteiger partial charge is 0.486 e. The summed E-state index contributed by atoms with van der Waals surface area (Å²) in [6, 6.07) is 4.14. The number of benzene rings is 1. The Labute approximate surface area is 82.0 Å². The zero-order chi connectivity index (χ0) is 10.6. The molecule has 0 radical (unpaired) electrons. The second-order valence-corrected chi connectivity index (χ2v) is 2.80. The van der Waals surface area contributed by atoms with Gasteiger partial charge in [0.2, 0.25) is 0 Å². The zero-order valence-corrected chi connectivity index (χ0v) is 7.92. The van der Waals surface area contributed by atoms with E-state index in [1.54, 1.807) is 0 Å². The van der Waals surface area contributed by atoms with Gasteiger partial charge in [0.15, 0.2) is 17.3 Å². The van der Waals surface area contributed by atoms with Crippen LogP contribution in [0.15, 0.2) is 30.9 Å². The molecule has 0 heterocycles. The molecule has 74 valence electrons. The van der Waals surface area contributed by atoms with Gasteiger partial charge < -0.3 is 4.74 Å². The predicted octanol–water partition coefficient (Wildman–Crippen LogP) is 2.59. The van der Waals surface area contributed by atoms with Crippen LogP contribution in [0.1, 0.15) is 17.3 Å². The maximum Gasteiger partial charge on any atom is 0.165 e. The fourth-order valence-corrected chi connectivity index (χ4v) is 0.986.